The SMILES string of the molecule is CCCC/C=C/CNCCCCCCCCCCCn1c(=O)c2c(ncn2C)n(C)c1=O. The van der Waals surface area contributed by atoms with E-state index >= 15 is 0 Å². The van der Waals surface area contributed by atoms with Gasteiger partial charge in [-0.3, -0.25) is 13.9 Å². The second-order valence-electron chi connectivity index (χ2n) is 8.83. The van der Waals surface area contributed by atoms with Gasteiger partial charge in [0.15, 0.2) is 11.2 Å². The molecule has 0 saturated heterocycles. The molecule has 0 aliphatic rings. The summed E-state index contributed by atoms with van der Waals surface area (Å²) in [7, 11) is 3.46. The van der Waals surface area contributed by atoms with Crippen molar-refractivity contribution in [3.05, 3.63) is 39.3 Å². The number of hydrogen-bond acceptors (Lipinski definition) is 4. The first-order chi connectivity index (χ1) is 15.6. The predicted molar refractivity (Wildman–Crippen MR) is 133 cm³/mol. The number of aromatic nitrogens is 4. The molecule has 2 heterocycles. The minimum absolute atomic E-state index is 0.231. The lowest BCUT2D eigenvalue weighted by Crippen LogP contribution is -2.39. The fraction of sp³-hybridized carbons (Fsp3) is 0.720. The molecule has 180 valence electrons. The second kappa shape index (κ2) is 14.8. The van der Waals surface area contributed by atoms with E-state index in [1.165, 1.54) is 66.9 Å². The third-order valence-corrected chi connectivity index (χ3v) is 6.09. The summed E-state index contributed by atoms with van der Waals surface area (Å²) in [5.41, 5.74) is 0.438. The number of fused-ring (bicyclic) bond motifs is 1. The first-order valence-electron chi connectivity index (χ1n) is 12.5. The average Bonchev–Trinajstić information content (AvgIpc) is 3.18. The van der Waals surface area contributed by atoms with Crippen molar-refractivity contribution in [1.82, 2.24) is 24.0 Å². The van der Waals surface area contributed by atoms with Gasteiger partial charge < -0.3 is 9.88 Å². The molecule has 0 atom stereocenters. The molecule has 1 N–H and O–H groups in total. The third-order valence-electron chi connectivity index (χ3n) is 6.09. The number of rotatable bonds is 17. The van der Waals surface area contributed by atoms with Crippen LogP contribution in [0.4, 0.5) is 0 Å². The highest BCUT2D eigenvalue weighted by atomic mass is 16.2. The van der Waals surface area contributed by atoms with E-state index < -0.39 is 0 Å². The highest BCUT2D eigenvalue weighted by Crippen LogP contribution is 2.10. The number of nitrogens with one attached hydrogen (secondary N) is 1. The van der Waals surface area contributed by atoms with Crippen LogP contribution in [-0.2, 0) is 20.6 Å². The molecule has 0 aromatic carbocycles. The Kier molecular flexibility index (Phi) is 12.1. The van der Waals surface area contributed by atoms with Crippen molar-refractivity contribution in [3.8, 4) is 0 Å². The largest absolute Gasteiger partial charge is 0.332 e. The third kappa shape index (κ3) is 8.08. The summed E-state index contributed by atoms with van der Waals surface area (Å²) in [4.78, 5) is 29.3. The fourth-order valence-corrected chi connectivity index (χ4v) is 4.06. The topological polar surface area (TPSA) is 73.8 Å². The lowest BCUT2D eigenvalue weighted by atomic mass is 10.1. The van der Waals surface area contributed by atoms with Crippen LogP contribution in [0.3, 0.4) is 0 Å². The Morgan fingerprint density at radius 1 is 0.906 bits per heavy atom. The Morgan fingerprint density at radius 3 is 2.25 bits per heavy atom. The Morgan fingerprint density at radius 2 is 1.56 bits per heavy atom. The molecular weight excluding hydrogens is 402 g/mol. The van der Waals surface area contributed by atoms with E-state index in [-0.39, 0.29) is 11.2 Å². The molecule has 7 heteroatoms. The maximum Gasteiger partial charge on any atom is 0.332 e. The summed E-state index contributed by atoms with van der Waals surface area (Å²) in [6.45, 7) is 4.82. The molecule has 0 aliphatic heterocycles. The van der Waals surface area contributed by atoms with Crippen molar-refractivity contribution in [2.24, 2.45) is 14.1 Å². The van der Waals surface area contributed by atoms with E-state index in [1.54, 1.807) is 25.0 Å². The van der Waals surface area contributed by atoms with Crippen LogP contribution in [-0.4, -0.2) is 31.8 Å². The lowest BCUT2D eigenvalue weighted by Gasteiger charge is -2.08. The van der Waals surface area contributed by atoms with Gasteiger partial charge in [0.1, 0.15) is 0 Å². The molecule has 0 spiro atoms. The van der Waals surface area contributed by atoms with Gasteiger partial charge >= 0.3 is 5.69 Å². The number of allylic oxidation sites excluding steroid dienone is 1. The zero-order valence-electron chi connectivity index (χ0n) is 20.4. The highest BCUT2D eigenvalue weighted by Gasteiger charge is 2.14. The summed E-state index contributed by atoms with van der Waals surface area (Å²) >= 11 is 0. The van der Waals surface area contributed by atoms with Gasteiger partial charge in [-0.25, -0.2) is 9.78 Å². The lowest BCUT2D eigenvalue weighted by molar-refractivity contribution is 0.514. The molecule has 7 nitrogen and oxygen atoms in total. The van der Waals surface area contributed by atoms with Gasteiger partial charge in [-0.2, -0.15) is 0 Å². The van der Waals surface area contributed by atoms with E-state index in [0.29, 0.717) is 17.7 Å². The number of nitrogens with zero attached hydrogens (tertiary/aromatic N) is 4. The summed E-state index contributed by atoms with van der Waals surface area (Å²) in [5, 5.41) is 3.48. The molecule has 2 aromatic heterocycles. The molecule has 0 fully saturated rings. The van der Waals surface area contributed by atoms with Crippen LogP contribution in [0.2, 0.25) is 0 Å². The molecular formula is C25H43N5O2. The summed E-state index contributed by atoms with van der Waals surface area (Å²) in [5.74, 6) is 0. The summed E-state index contributed by atoms with van der Waals surface area (Å²) in [6.07, 6.45) is 20.6. The van der Waals surface area contributed by atoms with Gasteiger partial charge in [0.25, 0.3) is 5.56 Å². The predicted octanol–water partition coefficient (Wildman–Crippen LogP) is 4.28. The van der Waals surface area contributed by atoms with Crippen LogP contribution in [0.25, 0.3) is 11.2 Å². The maximum atomic E-state index is 12.7. The minimum atomic E-state index is -0.275. The van der Waals surface area contributed by atoms with Crippen molar-refractivity contribution in [2.75, 3.05) is 13.1 Å². The first kappa shape index (κ1) is 26.1. The Balaban J connectivity index is 1.50. The zero-order valence-corrected chi connectivity index (χ0v) is 20.4. The van der Waals surface area contributed by atoms with Crippen LogP contribution in [0.1, 0.15) is 84.0 Å². The molecule has 0 bridgehead atoms. The van der Waals surface area contributed by atoms with Crippen molar-refractivity contribution in [1.29, 1.82) is 0 Å². The number of aryl methyl sites for hydroxylation is 2. The quantitative estimate of drug-likeness (QED) is 0.291. The van der Waals surface area contributed by atoms with E-state index in [2.05, 4.69) is 29.4 Å². The molecule has 0 radical (unpaired) electrons. The van der Waals surface area contributed by atoms with Crippen LogP contribution in [0.15, 0.2) is 28.1 Å². The van der Waals surface area contributed by atoms with Gasteiger partial charge in [-0.1, -0.05) is 76.9 Å². The zero-order chi connectivity index (χ0) is 23.2. The van der Waals surface area contributed by atoms with E-state index in [1.807, 2.05) is 0 Å². The summed E-state index contributed by atoms with van der Waals surface area (Å²) < 4.78 is 4.52. The average molecular weight is 446 g/mol. The van der Waals surface area contributed by atoms with Crippen LogP contribution in [0, 0.1) is 0 Å². The first-order valence-corrected chi connectivity index (χ1v) is 12.5. The molecule has 2 aromatic rings. The maximum absolute atomic E-state index is 12.7. The van der Waals surface area contributed by atoms with Crippen LogP contribution in [0.5, 0.6) is 0 Å². The molecule has 2 rings (SSSR count). The van der Waals surface area contributed by atoms with Crippen molar-refractivity contribution in [3.63, 3.8) is 0 Å². The van der Waals surface area contributed by atoms with E-state index in [4.69, 9.17) is 0 Å². The Labute approximate surface area is 192 Å². The van der Waals surface area contributed by atoms with Gasteiger partial charge in [-0.15, -0.1) is 0 Å². The molecule has 0 saturated carbocycles. The van der Waals surface area contributed by atoms with E-state index in [9.17, 15) is 9.59 Å². The van der Waals surface area contributed by atoms with Crippen LogP contribution >= 0.6 is 0 Å². The molecule has 0 amide bonds. The highest BCUT2D eigenvalue weighted by molar-refractivity contribution is 5.69. The normalized spacial score (nSPS) is 11.8. The number of unbranched alkanes of at least 4 members (excludes halogenated alkanes) is 10. The minimum Gasteiger partial charge on any atom is -0.328 e. The number of hydrogen-bond donors (Lipinski definition) is 1. The monoisotopic (exact) mass is 445 g/mol. The molecule has 32 heavy (non-hydrogen) atoms. The van der Waals surface area contributed by atoms with Gasteiger partial charge in [0.05, 0.1) is 6.33 Å². The fourth-order valence-electron chi connectivity index (χ4n) is 4.06. The standard InChI is InChI=1S/C25H43N5O2/c1-4-5-6-12-15-18-26-19-16-13-10-8-7-9-11-14-17-20-30-24(31)22-23(27-21-28(22)2)29(3)25(30)32/h12,15,21,26H,4-11,13-14,16-20H2,1-3H3/b15-12+. The number of imidazole rings is 1. The van der Waals surface area contributed by atoms with Crippen molar-refractivity contribution >= 4 is 11.2 Å². The van der Waals surface area contributed by atoms with Crippen molar-refractivity contribution < 1.29 is 0 Å². The van der Waals surface area contributed by atoms with Crippen LogP contribution < -0.4 is 16.6 Å². The Bertz CT molecular complexity index is 938. The van der Waals surface area contributed by atoms with Gasteiger partial charge in [-0.05, 0) is 25.8 Å². The van der Waals surface area contributed by atoms with Crippen molar-refractivity contribution in [2.45, 2.75) is 90.5 Å². The van der Waals surface area contributed by atoms with Gasteiger partial charge in [0, 0.05) is 27.2 Å². The smallest absolute Gasteiger partial charge is 0.328 e. The Hall–Kier alpha value is -2.15. The molecule has 0 aliphatic carbocycles. The van der Waals surface area contributed by atoms with E-state index in [0.717, 1.165) is 32.4 Å². The summed E-state index contributed by atoms with van der Waals surface area (Å²) in [6, 6.07) is 0. The molecule has 0 unspecified atom stereocenters. The second-order valence-corrected chi connectivity index (χ2v) is 8.83. The van der Waals surface area contributed by atoms with Gasteiger partial charge in [0.2, 0.25) is 0 Å².